The molecule has 4 nitrogen and oxygen atoms in total. The Morgan fingerprint density at radius 1 is 1.24 bits per heavy atom. The van der Waals surface area contributed by atoms with Gasteiger partial charge in [0.05, 0.1) is 6.54 Å². The summed E-state index contributed by atoms with van der Waals surface area (Å²) >= 11 is 0. The molecule has 0 aromatic heterocycles. The van der Waals surface area contributed by atoms with E-state index in [1.54, 1.807) is 11.0 Å². The molecule has 1 atom stereocenters. The van der Waals surface area contributed by atoms with Crippen molar-refractivity contribution < 1.29 is 14.3 Å². The molecular formula is C17H19NO3. The van der Waals surface area contributed by atoms with Gasteiger partial charge >= 0.3 is 5.97 Å². The van der Waals surface area contributed by atoms with Crippen LogP contribution in [0.5, 0.6) is 0 Å². The molecule has 1 amide bonds. The Morgan fingerprint density at radius 3 is 2.76 bits per heavy atom. The predicted molar refractivity (Wildman–Crippen MR) is 79.3 cm³/mol. The largest absolute Gasteiger partial charge is 0.457 e. The van der Waals surface area contributed by atoms with Gasteiger partial charge < -0.3 is 9.64 Å². The van der Waals surface area contributed by atoms with Crippen LogP contribution in [-0.4, -0.2) is 35.5 Å². The highest BCUT2D eigenvalue weighted by Gasteiger charge is 2.44. The van der Waals surface area contributed by atoms with Crippen molar-refractivity contribution in [2.45, 2.75) is 31.3 Å². The highest BCUT2D eigenvalue weighted by molar-refractivity contribution is 5.92. The van der Waals surface area contributed by atoms with E-state index < -0.39 is 5.60 Å². The third kappa shape index (κ3) is 3.15. The lowest BCUT2D eigenvalue weighted by molar-refractivity contribution is -0.155. The molecule has 0 radical (unpaired) electrons. The van der Waals surface area contributed by atoms with E-state index in [0.717, 1.165) is 31.4 Å². The van der Waals surface area contributed by atoms with Crippen LogP contribution in [0.4, 0.5) is 0 Å². The molecule has 2 fully saturated rings. The number of carbonyl (C=O) groups excluding carboxylic acids is 2. The van der Waals surface area contributed by atoms with Crippen molar-refractivity contribution in [2.75, 3.05) is 13.1 Å². The molecule has 2 saturated heterocycles. The number of esters is 1. The maximum Gasteiger partial charge on any atom is 0.306 e. The Hall–Kier alpha value is -2.10. The minimum atomic E-state index is -0.425. The molecule has 1 spiro atoms. The molecule has 2 aliphatic heterocycles. The van der Waals surface area contributed by atoms with Crippen LogP contribution >= 0.6 is 0 Å². The van der Waals surface area contributed by atoms with Crippen LogP contribution in [0.25, 0.3) is 6.08 Å². The minimum Gasteiger partial charge on any atom is -0.457 e. The van der Waals surface area contributed by atoms with Gasteiger partial charge in [0.2, 0.25) is 5.91 Å². The Labute approximate surface area is 124 Å². The van der Waals surface area contributed by atoms with Crippen LogP contribution in [0.2, 0.25) is 0 Å². The molecule has 0 aliphatic carbocycles. The quantitative estimate of drug-likeness (QED) is 0.619. The molecule has 1 aromatic carbocycles. The molecule has 0 bridgehead atoms. The Bertz CT molecular complexity index is 567. The summed E-state index contributed by atoms with van der Waals surface area (Å²) in [5, 5.41) is 0. The van der Waals surface area contributed by atoms with Crippen LogP contribution in [0.15, 0.2) is 36.4 Å². The molecule has 21 heavy (non-hydrogen) atoms. The lowest BCUT2D eigenvalue weighted by Gasteiger charge is -2.38. The zero-order chi connectivity index (χ0) is 14.7. The molecule has 2 aliphatic rings. The van der Waals surface area contributed by atoms with Crippen molar-refractivity contribution in [2.24, 2.45) is 0 Å². The summed E-state index contributed by atoms with van der Waals surface area (Å²) in [7, 11) is 0. The number of likely N-dealkylation sites (tertiary alicyclic amines) is 1. The van der Waals surface area contributed by atoms with Crippen LogP contribution in [0.1, 0.15) is 31.2 Å². The van der Waals surface area contributed by atoms with Gasteiger partial charge in [-0.15, -0.1) is 0 Å². The first-order chi connectivity index (χ1) is 10.2. The average molecular weight is 285 g/mol. The standard InChI is InChI=1S/C17H19NO3/c19-15(8-7-14-5-2-1-3-6-14)18-12-4-10-17(13-18)11-9-16(20)21-17/h1-3,5-8H,4,9-13H2/b8-7+/t17-/m1/s1. The topological polar surface area (TPSA) is 46.6 Å². The average Bonchev–Trinajstić information content (AvgIpc) is 2.86. The summed E-state index contributed by atoms with van der Waals surface area (Å²) in [6.45, 7) is 1.26. The number of ether oxygens (including phenoxy) is 1. The van der Waals surface area contributed by atoms with Crippen LogP contribution < -0.4 is 0 Å². The van der Waals surface area contributed by atoms with Crippen LogP contribution in [-0.2, 0) is 14.3 Å². The normalized spacial score (nSPS) is 25.5. The third-order valence-corrected chi connectivity index (χ3v) is 4.18. The van der Waals surface area contributed by atoms with E-state index in [9.17, 15) is 9.59 Å². The molecular weight excluding hydrogens is 266 g/mol. The number of piperidine rings is 1. The SMILES string of the molecule is O=C1CC[C@@]2(CCCN(C(=O)/C=C/c3ccccc3)C2)O1. The van der Waals surface area contributed by atoms with Gasteiger partial charge in [0, 0.05) is 19.0 Å². The van der Waals surface area contributed by atoms with Crippen molar-refractivity contribution in [3.8, 4) is 0 Å². The number of hydrogen-bond donors (Lipinski definition) is 0. The van der Waals surface area contributed by atoms with Gasteiger partial charge in [-0.2, -0.15) is 0 Å². The number of hydrogen-bond acceptors (Lipinski definition) is 3. The first-order valence-corrected chi connectivity index (χ1v) is 7.41. The Kier molecular flexibility index (Phi) is 3.78. The summed E-state index contributed by atoms with van der Waals surface area (Å²) in [4.78, 5) is 25.4. The lowest BCUT2D eigenvalue weighted by atomic mass is 9.90. The van der Waals surface area contributed by atoms with Gasteiger partial charge in [0.1, 0.15) is 5.60 Å². The molecule has 4 heteroatoms. The van der Waals surface area contributed by atoms with E-state index in [2.05, 4.69) is 0 Å². The van der Waals surface area contributed by atoms with E-state index in [0.29, 0.717) is 13.0 Å². The second-order valence-electron chi connectivity index (χ2n) is 5.76. The zero-order valence-electron chi connectivity index (χ0n) is 12.0. The minimum absolute atomic E-state index is 0.0131. The van der Waals surface area contributed by atoms with Crippen molar-refractivity contribution in [3.63, 3.8) is 0 Å². The fourth-order valence-corrected chi connectivity index (χ4v) is 3.08. The van der Waals surface area contributed by atoms with E-state index in [4.69, 9.17) is 4.74 Å². The molecule has 0 saturated carbocycles. The third-order valence-electron chi connectivity index (χ3n) is 4.18. The van der Waals surface area contributed by atoms with Gasteiger partial charge in [0.25, 0.3) is 0 Å². The smallest absolute Gasteiger partial charge is 0.306 e. The van der Waals surface area contributed by atoms with E-state index in [1.165, 1.54) is 0 Å². The predicted octanol–water partition coefficient (Wildman–Crippen LogP) is 2.40. The fraction of sp³-hybridized carbons (Fsp3) is 0.412. The summed E-state index contributed by atoms with van der Waals surface area (Å²) in [6, 6.07) is 9.75. The maximum absolute atomic E-state index is 12.3. The molecule has 3 rings (SSSR count). The zero-order valence-corrected chi connectivity index (χ0v) is 12.0. The molecule has 110 valence electrons. The Morgan fingerprint density at radius 2 is 2.05 bits per heavy atom. The van der Waals surface area contributed by atoms with Crippen molar-refractivity contribution >= 4 is 18.0 Å². The fourth-order valence-electron chi connectivity index (χ4n) is 3.08. The van der Waals surface area contributed by atoms with Crippen LogP contribution in [0.3, 0.4) is 0 Å². The second-order valence-corrected chi connectivity index (χ2v) is 5.76. The second kappa shape index (κ2) is 5.72. The van der Waals surface area contributed by atoms with Gasteiger partial charge in [0.15, 0.2) is 0 Å². The van der Waals surface area contributed by atoms with Gasteiger partial charge in [-0.05, 0) is 30.9 Å². The summed E-state index contributed by atoms with van der Waals surface area (Å²) in [6.07, 6.45) is 6.39. The van der Waals surface area contributed by atoms with Gasteiger partial charge in [-0.3, -0.25) is 9.59 Å². The summed E-state index contributed by atoms with van der Waals surface area (Å²) in [5.74, 6) is -0.148. The number of benzene rings is 1. The summed E-state index contributed by atoms with van der Waals surface area (Å²) in [5.41, 5.74) is 0.579. The molecule has 2 heterocycles. The van der Waals surface area contributed by atoms with E-state index in [-0.39, 0.29) is 11.9 Å². The van der Waals surface area contributed by atoms with Crippen molar-refractivity contribution in [1.29, 1.82) is 0 Å². The van der Waals surface area contributed by atoms with Gasteiger partial charge in [-0.1, -0.05) is 30.3 Å². The first-order valence-electron chi connectivity index (χ1n) is 7.41. The highest BCUT2D eigenvalue weighted by Crippen LogP contribution is 2.35. The summed E-state index contributed by atoms with van der Waals surface area (Å²) < 4.78 is 5.48. The number of rotatable bonds is 2. The monoisotopic (exact) mass is 285 g/mol. The van der Waals surface area contributed by atoms with Crippen LogP contribution in [0, 0.1) is 0 Å². The first kappa shape index (κ1) is 13.9. The van der Waals surface area contributed by atoms with E-state index in [1.807, 2.05) is 36.4 Å². The van der Waals surface area contributed by atoms with Gasteiger partial charge in [-0.25, -0.2) is 0 Å². The Balaban J connectivity index is 1.65. The molecule has 0 N–H and O–H groups in total. The van der Waals surface area contributed by atoms with E-state index >= 15 is 0 Å². The van der Waals surface area contributed by atoms with Crippen molar-refractivity contribution in [3.05, 3.63) is 42.0 Å². The lowest BCUT2D eigenvalue weighted by Crippen LogP contribution is -2.49. The molecule has 0 unspecified atom stereocenters. The maximum atomic E-state index is 12.3. The molecule has 1 aromatic rings. The number of carbonyl (C=O) groups is 2. The number of nitrogens with zero attached hydrogens (tertiary/aromatic N) is 1. The van der Waals surface area contributed by atoms with Crippen molar-refractivity contribution in [1.82, 2.24) is 4.90 Å². The highest BCUT2D eigenvalue weighted by atomic mass is 16.6. The number of amides is 1.